The Labute approximate surface area is 199 Å². The number of aryl methyl sites for hydroxylation is 4. The second-order valence-corrected chi connectivity index (χ2v) is 10.3. The van der Waals surface area contributed by atoms with Crippen molar-refractivity contribution < 1.29 is 9.21 Å². The number of fused-ring (bicyclic) bond motifs is 3. The second-order valence-electron chi connectivity index (χ2n) is 8.26. The highest BCUT2D eigenvalue weighted by atomic mass is 32.2. The van der Waals surface area contributed by atoms with Crippen LogP contribution in [-0.2, 0) is 31.2 Å². The minimum absolute atomic E-state index is 0.0577. The Hall–Kier alpha value is -2.85. The van der Waals surface area contributed by atoms with E-state index in [1.807, 2.05) is 27.0 Å². The first kappa shape index (κ1) is 22.0. The molecule has 1 N–H and O–H groups in total. The molecule has 5 rings (SSSR count). The van der Waals surface area contributed by atoms with Crippen LogP contribution >= 0.6 is 23.1 Å². The molecule has 0 radical (unpaired) electrons. The zero-order valence-electron chi connectivity index (χ0n) is 18.8. The summed E-state index contributed by atoms with van der Waals surface area (Å²) in [5.74, 6) is 0.647. The summed E-state index contributed by atoms with van der Waals surface area (Å²) in [7, 11) is 1.85. The molecule has 172 valence electrons. The standard InChI is InChI=1S/C23H25N5O3S2/c1-13-20(14(2)27(3)26-13)24-18(29)12-32-23-25-21-19(16-8-4-5-9-17(16)33-21)22(30)28(23)11-15-7-6-10-31-15/h6-7,10H,4-5,8-9,11-12H2,1-3H3,(H,24,29). The van der Waals surface area contributed by atoms with Crippen LogP contribution in [0.3, 0.4) is 0 Å². The normalized spacial score (nSPS) is 13.4. The van der Waals surface area contributed by atoms with E-state index in [0.29, 0.717) is 10.9 Å². The molecule has 33 heavy (non-hydrogen) atoms. The van der Waals surface area contributed by atoms with E-state index in [0.717, 1.165) is 58.5 Å². The van der Waals surface area contributed by atoms with Gasteiger partial charge in [0, 0.05) is 11.9 Å². The quantitative estimate of drug-likeness (QED) is 0.328. The van der Waals surface area contributed by atoms with Crippen molar-refractivity contribution in [3.8, 4) is 0 Å². The van der Waals surface area contributed by atoms with E-state index in [1.54, 1.807) is 32.9 Å². The summed E-state index contributed by atoms with van der Waals surface area (Å²) in [6.07, 6.45) is 5.77. The molecule has 10 heteroatoms. The second kappa shape index (κ2) is 8.83. The highest BCUT2D eigenvalue weighted by Crippen LogP contribution is 2.35. The van der Waals surface area contributed by atoms with Gasteiger partial charge in [-0.1, -0.05) is 11.8 Å². The summed E-state index contributed by atoms with van der Waals surface area (Å²) in [4.78, 5) is 33.2. The maximum atomic E-state index is 13.6. The smallest absolute Gasteiger partial charge is 0.263 e. The van der Waals surface area contributed by atoms with Crippen molar-refractivity contribution in [2.75, 3.05) is 11.1 Å². The zero-order valence-corrected chi connectivity index (χ0v) is 20.4. The number of hydrogen-bond donors (Lipinski definition) is 1. The van der Waals surface area contributed by atoms with Gasteiger partial charge in [0.05, 0.1) is 41.0 Å². The van der Waals surface area contributed by atoms with Crippen molar-refractivity contribution in [2.24, 2.45) is 7.05 Å². The number of amides is 1. The summed E-state index contributed by atoms with van der Waals surface area (Å²) in [6, 6.07) is 3.65. The number of hydrogen-bond acceptors (Lipinski definition) is 7. The first-order valence-electron chi connectivity index (χ1n) is 10.9. The lowest BCUT2D eigenvalue weighted by molar-refractivity contribution is -0.113. The molecule has 1 aliphatic rings. The fraction of sp³-hybridized carbons (Fsp3) is 0.391. The van der Waals surface area contributed by atoms with Gasteiger partial charge in [0.25, 0.3) is 5.56 Å². The molecule has 4 heterocycles. The van der Waals surface area contributed by atoms with E-state index in [2.05, 4.69) is 10.4 Å². The van der Waals surface area contributed by atoms with Gasteiger partial charge >= 0.3 is 0 Å². The molecule has 0 saturated carbocycles. The molecule has 0 spiro atoms. The average Bonchev–Trinajstić information content (AvgIpc) is 3.49. The fourth-order valence-electron chi connectivity index (χ4n) is 4.29. The molecule has 0 aromatic carbocycles. The van der Waals surface area contributed by atoms with Gasteiger partial charge in [-0.05, 0) is 57.2 Å². The SMILES string of the molecule is Cc1nn(C)c(C)c1NC(=O)CSc1nc2sc3c(c2c(=O)n1Cc1ccco1)CCCC3. The number of aromatic nitrogens is 4. The predicted molar refractivity (Wildman–Crippen MR) is 130 cm³/mol. The number of carbonyl (C=O) groups excluding carboxylic acids is 1. The van der Waals surface area contributed by atoms with Gasteiger partial charge < -0.3 is 9.73 Å². The minimum atomic E-state index is -0.163. The molecule has 1 amide bonds. The van der Waals surface area contributed by atoms with Gasteiger partial charge in [0.15, 0.2) is 5.16 Å². The number of thiophene rings is 1. The summed E-state index contributed by atoms with van der Waals surface area (Å²) >= 11 is 2.88. The van der Waals surface area contributed by atoms with Crippen LogP contribution in [0.5, 0.6) is 0 Å². The minimum Gasteiger partial charge on any atom is -0.467 e. The highest BCUT2D eigenvalue weighted by molar-refractivity contribution is 7.99. The Kier molecular flexibility index (Phi) is 5.88. The summed E-state index contributed by atoms with van der Waals surface area (Å²) in [6.45, 7) is 4.06. The number of carbonyl (C=O) groups is 1. The van der Waals surface area contributed by atoms with Crippen molar-refractivity contribution >= 4 is 44.9 Å². The van der Waals surface area contributed by atoms with Crippen LogP contribution < -0.4 is 10.9 Å². The van der Waals surface area contributed by atoms with E-state index in [4.69, 9.17) is 9.40 Å². The number of anilines is 1. The third-order valence-electron chi connectivity index (χ3n) is 6.04. The number of nitrogens with one attached hydrogen (secondary N) is 1. The number of rotatable bonds is 6. The monoisotopic (exact) mass is 483 g/mol. The molecular weight excluding hydrogens is 458 g/mol. The van der Waals surface area contributed by atoms with Gasteiger partial charge in [-0.2, -0.15) is 5.10 Å². The number of thioether (sulfide) groups is 1. The van der Waals surface area contributed by atoms with Gasteiger partial charge in [0.2, 0.25) is 5.91 Å². The van der Waals surface area contributed by atoms with Crippen molar-refractivity contribution in [2.45, 2.75) is 51.2 Å². The van der Waals surface area contributed by atoms with Crippen LogP contribution in [0.25, 0.3) is 10.2 Å². The Balaban J connectivity index is 1.47. The van der Waals surface area contributed by atoms with Crippen LogP contribution in [0.15, 0.2) is 32.8 Å². The van der Waals surface area contributed by atoms with Crippen LogP contribution in [0, 0.1) is 13.8 Å². The third kappa shape index (κ3) is 4.13. The largest absolute Gasteiger partial charge is 0.467 e. The molecule has 4 aromatic heterocycles. The van der Waals surface area contributed by atoms with Gasteiger partial charge in [-0.25, -0.2) is 4.98 Å². The molecular formula is C23H25N5O3S2. The molecule has 0 atom stereocenters. The van der Waals surface area contributed by atoms with E-state index < -0.39 is 0 Å². The molecule has 4 aromatic rings. The predicted octanol–water partition coefficient (Wildman–Crippen LogP) is 4.06. The number of nitrogens with zero attached hydrogens (tertiary/aromatic N) is 4. The zero-order chi connectivity index (χ0) is 23.1. The summed E-state index contributed by atoms with van der Waals surface area (Å²) in [5.41, 5.74) is 3.49. The average molecular weight is 484 g/mol. The maximum absolute atomic E-state index is 13.6. The first-order chi connectivity index (χ1) is 15.9. The molecule has 0 bridgehead atoms. The molecule has 0 saturated heterocycles. The van der Waals surface area contributed by atoms with Gasteiger partial charge in [0.1, 0.15) is 10.6 Å². The van der Waals surface area contributed by atoms with Crippen molar-refractivity contribution in [3.05, 3.63) is 56.3 Å². The van der Waals surface area contributed by atoms with Gasteiger partial charge in [-0.15, -0.1) is 11.3 Å². The first-order valence-corrected chi connectivity index (χ1v) is 12.7. The van der Waals surface area contributed by atoms with Crippen molar-refractivity contribution in [1.82, 2.24) is 19.3 Å². The van der Waals surface area contributed by atoms with Crippen LogP contribution in [0.1, 0.15) is 40.4 Å². The lowest BCUT2D eigenvalue weighted by Gasteiger charge is -2.13. The molecule has 8 nitrogen and oxygen atoms in total. The van der Waals surface area contributed by atoms with E-state index in [9.17, 15) is 9.59 Å². The van der Waals surface area contributed by atoms with Crippen LogP contribution in [-0.4, -0.2) is 31.0 Å². The lowest BCUT2D eigenvalue weighted by Crippen LogP contribution is -2.25. The maximum Gasteiger partial charge on any atom is 0.263 e. The van der Waals surface area contributed by atoms with Crippen LogP contribution in [0.4, 0.5) is 5.69 Å². The van der Waals surface area contributed by atoms with E-state index >= 15 is 0 Å². The Morgan fingerprint density at radius 3 is 2.85 bits per heavy atom. The number of furan rings is 1. The van der Waals surface area contributed by atoms with Crippen LogP contribution in [0.2, 0.25) is 0 Å². The summed E-state index contributed by atoms with van der Waals surface area (Å²) < 4.78 is 8.89. The Morgan fingerprint density at radius 2 is 2.12 bits per heavy atom. The molecule has 0 fully saturated rings. The van der Waals surface area contributed by atoms with E-state index in [-0.39, 0.29) is 23.8 Å². The Bertz CT molecular complexity index is 1400. The topological polar surface area (TPSA) is 95.0 Å². The van der Waals surface area contributed by atoms with E-state index in [1.165, 1.54) is 16.6 Å². The molecule has 0 aliphatic heterocycles. The lowest BCUT2D eigenvalue weighted by atomic mass is 9.97. The Morgan fingerprint density at radius 1 is 1.30 bits per heavy atom. The van der Waals surface area contributed by atoms with Gasteiger partial charge in [-0.3, -0.25) is 18.8 Å². The molecule has 0 unspecified atom stereocenters. The van der Waals surface area contributed by atoms with Crippen molar-refractivity contribution in [3.63, 3.8) is 0 Å². The molecule has 1 aliphatic carbocycles. The highest BCUT2D eigenvalue weighted by Gasteiger charge is 2.23. The fourth-order valence-corrected chi connectivity index (χ4v) is 6.39. The van der Waals surface area contributed by atoms with Crippen molar-refractivity contribution in [1.29, 1.82) is 0 Å². The summed E-state index contributed by atoms with van der Waals surface area (Å²) in [5, 5.41) is 8.55. The third-order valence-corrected chi connectivity index (χ3v) is 8.20.